The van der Waals surface area contributed by atoms with E-state index in [9.17, 15) is 0 Å². The van der Waals surface area contributed by atoms with Crippen LogP contribution < -0.4 is 0 Å². The molecular weight excluding hydrogens is 837 g/mol. The molecule has 1 aliphatic carbocycles. The molecular formula is C50H46IrN2O-2. The molecule has 0 unspecified atom stereocenters. The van der Waals surface area contributed by atoms with E-state index in [-0.39, 0.29) is 31.6 Å². The molecule has 0 aliphatic heterocycles. The number of fused-ring (bicyclic) bond motifs is 5. The van der Waals surface area contributed by atoms with E-state index in [4.69, 9.17) is 14.0 Å². The minimum atomic E-state index is -2.26. The summed E-state index contributed by atoms with van der Waals surface area (Å²) in [6.07, 6.45) is 4.51. The number of aromatic nitrogens is 2. The Morgan fingerprint density at radius 2 is 1.48 bits per heavy atom. The SMILES string of the molecule is [2H]C([2H])([2H])c1c[c-]c(-c2cc(C([2H])([2H])C(C)(C)C)ccn2)cc1-c1ccccc1.[2H]C([2H])(c1ccnc(-c2[c-]ccc3c2oc2c4ccccc4ccc32)c1)C1CCCC1.[Ir]. The standard InChI is InChI=1S/C27H22NO.C23H24N.Ir/c1-2-7-18(6-1)16-19-14-15-28-25(17-19)24-11-5-10-22-23-13-12-20-8-3-4-9-21(20)26(23)29-27(22)24;1-17-10-11-20(15-21(17)19-8-6-5-7-9-19)22-14-18(12-13-24-22)16-23(2,3)4;/h3-5,8-10,12-15,17-18H,1-2,6-7,16H2;5-10,12-15H,16H2,1-4H3;/q2*-1;/i16D2;1D3,16D2;. The van der Waals surface area contributed by atoms with Gasteiger partial charge in [-0.3, -0.25) is 0 Å². The minimum absolute atomic E-state index is 0. The maximum atomic E-state index is 8.77. The average molecular weight is 890 g/mol. The molecule has 0 spiro atoms. The van der Waals surface area contributed by atoms with E-state index in [1.165, 1.54) is 6.07 Å². The van der Waals surface area contributed by atoms with Crippen LogP contribution in [0.3, 0.4) is 0 Å². The quantitative estimate of drug-likeness (QED) is 0.156. The second-order valence-electron chi connectivity index (χ2n) is 14.8. The molecule has 0 atom stereocenters. The first-order chi connectivity index (χ1) is 28.5. The largest absolute Gasteiger partial charge is 0.500 e. The van der Waals surface area contributed by atoms with Crippen molar-refractivity contribution in [1.82, 2.24) is 9.97 Å². The van der Waals surface area contributed by atoms with Crippen LogP contribution in [0, 0.1) is 30.3 Å². The van der Waals surface area contributed by atoms with Crippen LogP contribution in [0.2, 0.25) is 0 Å². The predicted molar refractivity (Wildman–Crippen MR) is 221 cm³/mol. The summed E-state index contributed by atoms with van der Waals surface area (Å²) in [4.78, 5) is 8.97. The fraction of sp³-hybridized carbons (Fsp3) is 0.240. The summed E-state index contributed by atoms with van der Waals surface area (Å²) in [5.74, 6) is 0.0695. The maximum Gasteiger partial charge on any atom is 0.128 e. The number of rotatable bonds is 6. The molecule has 1 fully saturated rings. The Morgan fingerprint density at radius 3 is 2.28 bits per heavy atom. The van der Waals surface area contributed by atoms with Gasteiger partial charge in [0.05, 0.1) is 5.58 Å². The van der Waals surface area contributed by atoms with Gasteiger partial charge >= 0.3 is 0 Å². The van der Waals surface area contributed by atoms with Crippen LogP contribution >= 0.6 is 0 Å². The third-order valence-electron chi connectivity index (χ3n) is 9.66. The van der Waals surface area contributed by atoms with Gasteiger partial charge in [0.2, 0.25) is 0 Å². The van der Waals surface area contributed by atoms with E-state index in [0.29, 0.717) is 33.6 Å². The normalized spacial score (nSPS) is 15.9. The van der Waals surface area contributed by atoms with Gasteiger partial charge in [0.15, 0.2) is 0 Å². The first-order valence-corrected chi connectivity index (χ1v) is 18.3. The molecule has 0 N–H and O–H groups in total. The molecule has 3 nitrogen and oxygen atoms in total. The van der Waals surface area contributed by atoms with Crippen LogP contribution in [0.5, 0.6) is 0 Å². The van der Waals surface area contributed by atoms with Crippen LogP contribution in [0.1, 0.15) is 72.7 Å². The first-order valence-electron chi connectivity index (χ1n) is 21.8. The van der Waals surface area contributed by atoms with Crippen molar-refractivity contribution >= 4 is 32.7 Å². The van der Waals surface area contributed by atoms with Gasteiger partial charge in [-0.05, 0) is 58.5 Å². The molecule has 1 aliphatic rings. The Bertz CT molecular complexity index is 2820. The van der Waals surface area contributed by atoms with Gasteiger partial charge in [0.25, 0.3) is 0 Å². The van der Waals surface area contributed by atoms with Crippen molar-refractivity contribution in [3.8, 4) is 33.6 Å². The molecule has 273 valence electrons. The number of nitrogens with zero attached hydrogens (tertiary/aromatic N) is 2. The third kappa shape index (κ3) is 8.26. The summed E-state index contributed by atoms with van der Waals surface area (Å²) in [5, 5.41) is 4.33. The Balaban J connectivity index is 0.000000182. The van der Waals surface area contributed by atoms with Gasteiger partial charge in [0, 0.05) is 52.9 Å². The molecule has 3 heterocycles. The van der Waals surface area contributed by atoms with Gasteiger partial charge in [-0.1, -0.05) is 160 Å². The van der Waals surface area contributed by atoms with E-state index in [1.54, 1.807) is 30.6 Å². The van der Waals surface area contributed by atoms with Crippen molar-refractivity contribution in [1.29, 1.82) is 0 Å². The third-order valence-corrected chi connectivity index (χ3v) is 9.66. The summed E-state index contributed by atoms with van der Waals surface area (Å²) in [6, 6.07) is 42.5. The van der Waals surface area contributed by atoms with Gasteiger partial charge in [0.1, 0.15) is 5.58 Å². The molecule has 54 heavy (non-hydrogen) atoms. The van der Waals surface area contributed by atoms with Crippen molar-refractivity contribution in [3.05, 3.63) is 156 Å². The second kappa shape index (κ2) is 16.2. The van der Waals surface area contributed by atoms with E-state index >= 15 is 0 Å². The first kappa shape index (κ1) is 29.5. The predicted octanol–water partition coefficient (Wildman–Crippen LogP) is 13.4. The van der Waals surface area contributed by atoms with Crippen LogP contribution in [0.25, 0.3) is 66.4 Å². The molecule has 0 bridgehead atoms. The molecule has 9 rings (SSSR count). The van der Waals surface area contributed by atoms with E-state index in [0.717, 1.165) is 69.5 Å². The Morgan fingerprint density at radius 1 is 0.759 bits per heavy atom. The smallest absolute Gasteiger partial charge is 0.128 e. The number of hydrogen-bond donors (Lipinski definition) is 0. The molecule has 1 saturated carbocycles. The van der Waals surface area contributed by atoms with Gasteiger partial charge < -0.3 is 14.4 Å². The maximum absolute atomic E-state index is 8.77. The average Bonchev–Trinajstić information content (AvgIpc) is 3.94. The Labute approximate surface area is 343 Å². The number of benzene rings is 5. The zero-order valence-corrected chi connectivity index (χ0v) is 33.1. The summed E-state index contributed by atoms with van der Waals surface area (Å²) in [7, 11) is 0. The molecule has 0 saturated heterocycles. The van der Waals surface area contributed by atoms with Crippen molar-refractivity contribution in [2.24, 2.45) is 11.3 Å². The van der Waals surface area contributed by atoms with Gasteiger partial charge in [-0.2, -0.15) is 0 Å². The minimum Gasteiger partial charge on any atom is -0.500 e. The fourth-order valence-electron chi connectivity index (χ4n) is 7.21. The monoisotopic (exact) mass is 890 g/mol. The van der Waals surface area contributed by atoms with Crippen molar-refractivity contribution < 1.29 is 34.1 Å². The van der Waals surface area contributed by atoms with E-state index < -0.39 is 25.0 Å². The molecule has 1 radical (unpaired) electrons. The zero-order valence-electron chi connectivity index (χ0n) is 37.7. The molecule has 5 aromatic carbocycles. The number of furan rings is 1. The fourth-order valence-corrected chi connectivity index (χ4v) is 7.21. The van der Waals surface area contributed by atoms with Crippen molar-refractivity contribution in [2.75, 3.05) is 0 Å². The van der Waals surface area contributed by atoms with Crippen molar-refractivity contribution in [3.63, 3.8) is 0 Å². The summed E-state index contributed by atoms with van der Waals surface area (Å²) in [6.45, 7) is 3.31. The van der Waals surface area contributed by atoms with Crippen molar-refractivity contribution in [2.45, 2.75) is 66.1 Å². The zero-order chi connectivity index (χ0) is 42.5. The van der Waals surface area contributed by atoms with Crippen LogP contribution in [-0.2, 0) is 32.9 Å². The summed E-state index contributed by atoms with van der Waals surface area (Å²) < 4.78 is 64.6. The Hall–Kier alpha value is -4.89. The van der Waals surface area contributed by atoms with E-state index in [1.807, 2.05) is 87.5 Å². The van der Waals surface area contributed by atoms with Gasteiger partial charge in [-0.15, -0.1) is 47.5 Å². The van der Waals surface area contributed by atoms with Crippen LogP contribution in [0.15, 0.2) is 132 Å². The molecule has 3 aromatic heterocycles. The number of pyridine rings is 2. The topological polar surface area (TPSA) is 38.9 Å². The molecule has 8 aromatic rings. The Kier molecular flexibility index (Phi) is 8.86. The number of hydrogen-bond acceptors (Lipinski definition) is 3. The second-order valence-corrected chi connectivity index (χ2v) is 14.8. The number of aryl methyl sites for hydroxylation is 1. The van der Waals surface area contributed by atoms with Crippen LogP contribution in [-0.4, -0.2) is 9.97 Å². The molecule has 4 heteroatoms. The van der Waals surface area contributed by atoms with Crippen LogP contribution in [0.4, 0.5) is 0 Å². The summed E-state index contributed by atoms with van der Waals surface area (Å²) >= 11 is 0. The molecule has 0 amide bonds. The van der Waals surface area contributed by atoms with Gasteiger partial charge in [-0.25, -0.2) is 0 Å². The summed E-state index contributed by atoms with van der Waals surface area (Å²) in [5.41, 5.74) is 6.56. The van der Waals surface area contributed by atoms with E-state index in [2.05, 4.69) is 46.4 Å².